The number of anilines is 1. The van der Waals surface area contributed by atoms with E-state index in [2.05, 4.69) is 10.6 Å². The molecule has 0 radical (unpaired) electrons. The molecule has 1 saturated heterocycles. The van der Waals surface area contributed by atoms with Gasteiger partial charge in [-0.15, -0.1) is 0 Å². The smallest absolute Gasteiger partial charge is 0.333 e. The molecular weight excluding hydrogens is 546 g/mol. The number of nitrogens with one attached hydrogen (secondary N) is 2. The highest BCUT2D eigenvalue weighted by atomic mass is 16.7. The van der Waals surface area contributed by atoms with Crippen molar-refractivity contribution in [1.29, 1.82) is 0 Å². The largest absolute Gasteiger partial charge is 0.479 e. The van der Waals surface area contributed by atoms with Crippen LogP contribution in [0.1, 0.15) is 38.2 Å². The van der Waals surface area contributed by atoms with Crippen LogP contribution in [-0.2, 0) is 44.8 Å². The van der Waals surface area contributed by atoms with Gasteiger partial charge in [-0.25, -0.2) is 4.79 Å². The van der Waals surface area contributed by atoms with E-state index in [0.29, 0.717) is 5.56 Å². The van der Waals surface area contributed by atoms with Crippen LogP contribution in [0.4, 0.5) is 5.69 Å². The van der Waals surface area contributed by atoms with Gasteiger partial charge in [0.15, 0.2) is 6.10 Å². The fraction of sp³-hybridized carbons (Fsp3) is 0.462. The number of carboxylic acid groups (broad SMARTS) is 1. The Morgan fingerprint density at radius 2 is 1.78 bits per heavy atom. The maximum absolute atomic E-state index is 12.6. The Hall–Kier alpha value is -4.34. The van der Waals surface area contributed by atoms with Gasteiger partial charge in [-0.3, -0.25) is 28.9 Å². The lowest BCUT2D eigenvalue weighted by molar-refractivity contribution is -0.238. The number of nitrogens with zero attached hydrogens (tertiary/aromatic N) is 1. The number of imide groups is 1. The van der Waals surface area contributed by atoms with Crippen molar-refractivity contribution in [2.45, 2.75) is 63.8 Å². The van der Waals surface area contributed by atoms with Crippen LogP contribution in [-0.4, -0.2) is 93.5 Å². The summed E-state index contributed by atoms with van der Waals surface area (Å²) in [5, 5.41) is 34.7. The summed E-state index contributed by atoms with van der Waals surface area (Å²) in [6.45, 7) is 1.16. The number of carbonyl (C=O) groups excluding carboxylic acids is 5. The number of ether oxygens (including phenoxy) is 3. The first kappa shape index (κ1) is 31.2. The Morgan fingerprint density at radius 3 is 2.44 bits per heavy atom. The van der Waals surface area contributed by atoms with Gasteiger partial charge in [-0.2, -0.15) is 0 Å². The van der Waals surface area contributed by atoms with E-state index in [4.69, 9.17) is 14.2 Å². The van der Waals surface area contributed by atoms with E-state index in [9.17, 15) is 44.1 Å². The maximum Gasteiger partial charge on any atom is 0.333 e. The monoisotopic (exact) mass is 577 g/mol. The molecule has 2 aliphatic heterocycles. The number of aliphatic hydroxyl groups is 2. The molecule has 4 atom stereocenters. The topological polar surface area (TPSA) is 218 Å². The zero-order valence-corrected chi connectivity index (χ0v) is 22.1. The SMILES string of the molecule is CC(=O)OCc1ccc(O[C@@H]2O[C@H](C(=O)O)C[C@H](O)[C@H]2O)c(NC(=O)CCNC(=O)CCCN2C(=O)C=CC2=O)c1. The first-order valence-electron chi connectivity index (χ1n) is 12.7. The maximum atomic E-state index is 12.6. The van der Waals surface area contributed by atoms with Gasteiger partial charge in [-0.1, -0.05) is 6.07 Å². The first-order chi connectivity index (χ1) is 19.4. The summed E-state index contributed by atoms with van der Waals surface area (Å²) in [7, 11) is 0. The molecule has 15 nitrogen and oxygen atoms in total. The predicted molar refractivity (Wildman–Crippen MR) is 137 cm³/mol. The summed E-state index contributed by atoms with van der Waals surface area (Å²) in [5.74, 6) is -3.72. The number of hydrogen-bond donors (Lipinski definition) is 5. The van der Waals surface area contributed by atoms with E-state index < -0.39 is 54.3 Å². The minimum absolute atomic E-state index is 0.0295. The van der Waals surface area contributed by atoms with E-state index in [1.807, 2.05) is 0 Å². The lowest BCUT2D eigenvalue weighted by atomic mass is 10.0. The third kappa shape index (κ3) is 9.09. The van der Waals surface area contributed by atoms with Crippen LogP contribution in [0.25, 0.3) is 0 Å². The lowest BCUT2D eigenvalue weighted by Gasteiger charge is -2.35. The number of aliphatic hydroxyl groups excluding tert-OH is 2. The Morgan fingerprint density at radius 1 is 1.07 bits per heavy atom. The third-order valence-corrected chi connectivity index (χ3v) is 6.07. The number of aliphatic carboxylic acids is 1. The van der Waals surface area contributed by atoms with Crippen LogP contribution in [0, 0.1) is 0 Å². The van der Waals surface area contributed by atoms with Gasteiger partial charge in [0.2, 0.25) is 18.1 Å². The third-order valence-electron chi connectivity index (χ3n) is 6.07. The van der Waals surface area contributed by atoms with Gasteiger partial charge in [0, 0.05) is 51.4 Å². The van der Waals surface area contributed by atoms with Gasteiger partial charge >= 0.3 is 11.9 Å². The van der Waals surface area contributed by atoms with Gasteiger partial charge < -0.3 is 40.2 Å². The molecule has 0 unspecified atom stereocenters. The average Bonchev–Trinajstić information content (AvgIpc) is 3.23. The standard InChI is InChI=1S/C26H31N3O12/c1-14(30)39-13-15-4-5-18(40-26-24(36)17(31)12-19(41-26)25(37)38)16(11-15)28-21(33)8-9-27-20(32)3-2-10-29-22(34)6-7-23(29)35/h4-7,11,17,19,24,26,31,36H,2-3,8-10,12-13H2,1H3,(H,27,32)(H,28,33)(H,37,38)/t17-,19-,24+,26+/m0/s1. The summed E-state index contributed by atoms with van der Waals surface area (Å²) in [4.78, 5) is 71.4. The molecule has 4 amide bonds. The number of carboxylic acids is 1. The van der Waals surface area contributed by atoms with E-state index in [1.54, 1.807) is 0 Å². The second-order valence-corrected chi connectivity index (χ2v) is 9.27. The Labute approximate surface area is 234 Å². The van der Waals surface area contributed by atoms with Crippen molar-refractivity contribution in [3.63, 3.8) is 0 Å². The van der Waals surface area contributed by atoms with Crippen LogP contribution in [0.15, 0.2) is 30.4 Å². The van der Waals surface area contributed by atoms with Gasteiger partial charge in [0.1, 0.15) is 18.5 Å². The lowest BCUT2D eigenvalue weighted by Crippen LogP contribution is -2.52. The normalized spacial score (nSPS) is 21.9. The predicted octanol–water partition coefficient (Wildman–Crippen LogP) is -0.800. The number of rotatable bonds is 13. The molecular formula is C26H31N3O12. The zero-order valence-electron chi connectivity index (χ0n) is 22.1. The molecule has 222 valence electrons. The van der Waals surface area contributed by atoms with E-state index >= 15 is 0 Å². The van der Waals surface area contributed by atoms with Crippen LogP contribution < -0.4 is 15.4 Å². The van der Waals surface area contributed by atoms with Crippen molar-refractivity contribution in [3.05, 3.63) is 35.9 Å². The number of carbonyl (C=O) groups is 6. The highest BCUT2D eigenvalue weighted by Crippen LogP contribution is 2.31. The molecule has 0 aromatic heterocycles. The molecule has 1 aromatic rings. The molecule has 2 aliphatic rings. The molecule has 0 spiro atoms. The minimum atomic E-state index is -1.58. The minimum Gasteiger partial charge on any atom is -0.479 e. The van der Waals surface area contributed by atoms with Crippen LogP contribution in [0.5, 0.6) is 5.75 Å². The summed E-state index contributed by atoms with van der Waals surface area (Å²) in [6.07, 6.45) is -3.94. The van der Waals surface area contributed by atoms with E-state index in [1.165, 1.54) is 25.1 Å². The molecule has 1 aromatic carbocycles. The fourth-order valence-corrected chi connectivity index (χ4v) is 3.94. The van der Waals surface area contributed by atoms with Crippen molar-refractivity contribution >= 4 is 41.3 Å². The quantitative estimate of drug-likeness (QED) is 0.144. The number of hydrogen-bond acceptors (Lipinski definition) is 11. The van der Waals surface area contributed by atoms with Crippen LogP contribution in [0.3, 0.4) is 0 Å². The molecule has 0 saturated carbocycles. The molecule has 41 heavy (non-hydrogen) atoms. The number of amides is 4. The highest BCUT2D eigenvalue weighted by Gasteiger charge is 2.41. The molecule has 0 aliphatic carbocycles. The summed E-state index contributed by atoms with van der Waals surface area (Å²) in [6, 6.07) is 4.33. The van der Waals surface area contributed by atoms with Crippen molar-refractivity contribution in [3.8, 4) is 5.75 Å². The fourth-order valence-electron chi connectivity index (χ4n) is 3.94. The number of benzene rings is 1. The van der Waals surface area contributed by atoms with E-state index in [0.717, 1.165) is 17.1 Å². The van der Waals surface area contributed by atoms with Crippen molar-refractivity contribution in [2.24, 2.45) is 0 Å². The Bertz CT molecular complexity index is 1200. The summed E-state index contributed by atoms with van der Waals surface area (Å²) >= 11 is 0. The van der Waals surface area contributed by atoms with Crippen molar-refractivity contribution in [2.75, 3.05) is 18.4 Å². The first-order valence-corrected chi connectivity index (χ1v) is 12.7. The second-order valence-electron chi connectivity index (χ2n) is 9.27. The van der Waals surface area contributed by atoms with Crippen LogP contribution in [0.2, 0.25) is 0 Å². The Kier molecular flexibility index (Phi) is 10.9. The summed E-state index contributed by atoms with van der Waals surface area (Å²) < 4.78 is 15.9. The highest BCUT2D eigenvalue weighted by molar-refractivity contribution is 6.12. The van der Waals surface area contributed by atoms with Crippen molar-refractivity contribution < 1.29 is 58.3 Å². The molecule has 2 heterocycles. The zero-order chi connectivity index (χ0) is 30.1. The molecule has 0 bridgehead atoms. The molecule has 15 heteroatoms. The van der Waals surface area contributed by atoms with Crippen LogP contribution >= 0.6 is 0 Å². The average molecular weight is 578 g/mol. The van der Waals surface area contributed by atoms with E-state index in [-0.39, 0.29) is 62.7 Å². The second kappa shape index (κ2) is 14.3. The molecule has 1 fully saturated rings. The summed E-state index contributed by atoms with van der Waals surface area (Å²) in [5.41, 5.74) is 0.539. The molecule has 3 rings (SSSR count). The Balaban J connectivity index is 1.57. The van der Waals surface area contributed by atoms with Crippen molar-refractivity contribution in [1.82, 2.24) is 10.2 Å². The van der Waals surface area contributed by atoms with Gasteiger partial charge in [0.05, 0.1) is 11.8 Å². The molecule has 5 N–H and O–H groups in total. The number of esters is 1. The van der Waals surface area contributed by atoms with Gasteiger partial charge in [-0.05, 0) is 24.1 Å². The van der Waals surface area contributed by atoms with Gasteiger partial charge in [0.25, 0.3) is 11.8 Å².